The van der Waals surface area contributed by atoms with Crippen LogP contribution in [-0.2, 0) is 0 Å². The van der Waals surface area contributed by atoms with E-state index in [4.69, 9.17) is 9.47 Å². The SMILES string of the molecule is CCOc1nc(NC)nc(Oc2cccc(C)c2F)n1. The maximum absolute atomic E-state index is 13.9. The van der Waals surface area contributed by atoms with E-state index in [1.165, 1.54) is 6.07 Å². The number of halogens is 1. The Morgan fingerprint density at radius 1 is 1.20 bits per heavy atom. The molecule has 2 aromatic rings. The van der Waals surface area contributed by atoms with E-state index in [1.807, 2.05) is 6.92 Å². The van der Waals surface area contributed by atoms with Gasteiger partial charge in [-0.15, -0.1) is 4.98 Å². The predicted octanol–water partition coefficient (Wildman–Crippen LogP) is 2.55. The van der Waals surface area contributed by atoms with E-state index in [0.717, 1.165) is 0 Å². The average Bonchev–Trinajstić information content (AvgIpc) is 2.44. The number of ether oxygens (including phenoxy) is 2. The Balaban J connectivity index is 2.32. The second-order valence-corrected chi connectivity index (χ2v) is 3.90. The number of rotatable bonds is 5. The lowest BCUT2D eigenvalue weighted by atomic mass is 10.2. The van der Waals surface area contributed by atoms with Crippen molar-refractivity contribution in [2.45, 2.75) is 13.8 Å². The minimum Gasteiger partial charge on any atom is -0.464 e. The summed E-state index contributed by atoms with van der Waals surface area (Å²) in [6.07, 6.45) is 0. The topological polar surface area (TPSA) is 69.2 Å². The fraction of sp³-hybridized carbons (Fsp3) is 0.308. The van der Waals surface area contributed by atoms with Crippen LogP contribution in [0.5, 0.6) is 17.8 Å². The molecule has 0 aliphatic carbocycles. The molecule has 0 radical (unpaired) electrons. The first-order chi connectivity index (χ1) is 9.63. The number of hydrogen-bond acceptors (Lipinski definition) is 6. The summed E-state index contributed by atoms with van der Waals surface area (Å²) in [6.45, 7) is 3.87. The smallest absolute Gasteiger partial charge is 0.330 e. The molecule has 0 saturated carbocycles. The first kappa shape index (κ1) is 14.0. The quantitative estimate of drug-likeness (QED) is 0.906. The van der Waals surface area contributed by atoms with Gasteiger partial charge in [-0.2, -0.15) is 9.97 Å². The Morgan fingerprint density at radius 3 is 2.65 bits per heavy atom. The molecule has 1 N–H and O–H groups in total. The number of aromatic nitrogens is 3. The standard InChI is InChI=1S/C13H15FN4O2/c1-4-19-12-16-11(15-3)17-13(18-12)20-9-7-5-6-8(2)10(9)14/h5-7H,4H2,1-3H3,(H,15,16,17,18). The highest BCUT2D eigenvalue weighted by atomic mass is 19.1. The van der Waals surface area contributed by atoms with Crippen molar-refractivity contribution >= 4 is 5.95 Å². The van der Waals surface area contributed by atoms with Crippen molar-refractivity contribution in [2.24, 2.45) is 0 Å². The van der Waals surface area contributed by atoms with Gasteiger partial charge in [-0.05, 0) is 25.5 Å². The highest BCUT2D eigenvalue weighted by Crippen LogP contribution is 2.25. The zero-order chi connectivity index (χ0) is 14.5. The summed E-state index contributed by atoms with van der Waals surface area (Å²) in [5, 5.41) is 2.76. The minimum absolute atomic E-state index is 0.0303. The van der Waals surface area contributed by atoms with Gasteiger partial charge in [0.1, 0.15) is 0 Å². The van der Waals surface area contributed by atoms with E-state index in [9.17, 15) is 4.39 Å². The van der Waals surface area contributed by atoms with Gasteiger partial charge in [-0.1, -0.05) is 12.1 Å². The van der Waals surface area contributed by atoms with Gasteiger partial charge in [0.2, 0.25) is 5.95 Å². The largest absolute Gasteiger partial charge is 0.464 e. The van der Waals surface area contributed by atoms with E-state index in [-0.39, 0.29) is 23.7 Å². The fourth-order valence-corrected chi connectivity index (χ4v) is 1.49. The molecule has 6 nitrogen and oxygen atoms in total. The van der Waals surface area contributed by atoms with Crippen LogP contribution in [0.15, 0.2) is 18.2 Å². The summed E-state index contributed by atoms with van der Waals surface area (Å²) in [5.41, 5.74) is 0.482. The molecular weight excluding hydrogens is 263 g/mol. The molecule has 0 atom stereocenters. The lowest BCUT2D eigenvalue weighted by Gasteiger charge is -2.09. The molecule has 0 amide bonds. The molecule has 106 valence electrons. The van der Waals surface area contributed by atoms with Crippen molar-refractivity contribution in [1.82, 2.24) is 15.0 Å². The van der Waals surface area contributed by atoms with Crippen LogP contribution in [0.25, 0.3) is 0 Å². The molecule has 0 saturated heterocycles. The minimum atomic E-state index is -0.447. The molecule has 0 bridgehead atoms. The van der Waals surface area contributed by atoms with Gasteiger partial charge in [0.05, 0.1) is 6.61 Å². The Hall–Kier alpha value is -2.44. The predicted molar refractivity (Wildman–Crippen MR) is 71.8 cm³/mol. The Kier molecular flexibility index (Phi) is 4.29. The van der Waals surface area contributed by atoms with Crippen molar-refractivity contribution in [3.8, 4) is 17.8 Å². The number of aryl methyl sites for hydroxylation is 1. The second-order valence-electron chi connectivity index (χ2n) is 3.90. The molecule has 2 rings (SSSR count). The van der Waals surface area contributed by atoms with Gasteiger partial charge < -0.3 is 14.8 Å². The molecule has 1 aromatic carbocycles. The Morgan fingerprint density at radius 2 is 1.95 bits per heavy atom. The molecule has 20 heavy (non-hydrogen) atoms. The third kappa shape index (κ3) is 3.11. The van der Waals surface area contributed by atoms with Gasteiger partial charge in [-0.25, -0.2) is 4.39 Å². The summed E-state index contributed by atoms with van der Waals surface area (Å²) in [5.74, 6) is -0.107. The van der Waals surface area contributed by atoms with Crippen molar-refractivity contribution in [3.63, 3.8) is 0 Å². The van der Waals surface area contributed by atoms with Crippen LogP contribution in [0.4, 0.5) is 10.3 Å². The van der Waals surface area contributed by atoms with Gasteiger partial charge in [0, 0.05) is 7.05 Å². The summed E-state index contributed by atoms with van der Waals surface area (Å²) < 4.78 is 24.4. The number of benzene rings is 1. The van der Waals surface area contributed by atoms with Crippen LogP contribution in [-0.4, -0.2) is 28.6 Å². The lowest BCUT2D eigenvalue weighted by molar-refractivity contribution is 0.302. The van der Waals surface area contributed by atoms with Crippen molar-refractivity contribution in [2.75, 3.05) is 19.0 Å². The normalized spacial score (nSPS) is 10.2. The maximum atomic E-state index is 13.9. The monoisotopic (exact) mass is 278 g/mol. The number of hydrogen-bond donors (Lipinski definition) is 1. The molecule has 7 heteroatoms. The van der Waals surface area contributed by atoms with Gasteiger partial charge in [0.15, 0.2) is 11.6 Å². The van der Waals surface area contributed by atoms with Crippen molar-refractivity contribution in [3.05, 3.63) is 29.6 Å². The van der Waals surface area contributed by atoms with Crippen LogP contribution in [0.2, 0.25) is 0 Å². The first-order valence-corrected chi connectivity index (χ1v) is 6.13. The third-order valence-corrected chi connectivity index (χ3v) is 2.45. The fourth-order valence-electron chi connectivity index (χ4n) is 1.49. The average molecular weight is 278 g/mol. The van der Waals surface area contributed by atoms with Gasteiger partial charge in [0.25, 0.3) is 0 Å². The number of anilines is 1. The molecule has 0 unspecified atom stereocenters. The van der Waals surface area contributed by atoms with Crippen LogP contribution < -0.4 is 14.8 Å². The molecule has 1 heterocycles. The maximum Gasteiger partial charge on any atom is 0.330 e. The molecule has 1 aromatic heterocycles. The Labute approximate surface area is 116 Å². The summed E-state index contributed by atoms with van der Waals surface area (Å²) >= 11 is 0. The van der Waals surface area contributed by atoms with Gasteiger partial charge in [-0.3, -0.25) is 0 Å². The van der Waals surface area contributed by atoms with Crippen LogP contribution in [0.1, 0.15) is 12.5 Å². The number of nitrogens with zero attached hydrogens (tertiary/aromatic N) is 3. The van der Waals surface area contributed by atoms with Gasteiger partial charge >= 0.3 is 12.0 Å². The van der Waals surface area contributed by atoms with E-state index < -0.39 is 5.82 Å². The molecule has 0 fully saturated rings. The van der Waals surface area contributed by atoms with E-state index in [1.54, 1.807) is 26.1 Å². The van der Waals surface area contributed by atoms with Crippen LogP contribution in [0, 0.1) is 12.7 Å². The third-order valence-electron chi connectivity index (χ3n) is 2.45. The van der Waals surface area contributed by atoms with Crippen LogP contribution >= 0.6 is 0 Å². The summed E-state index contributed by atoms with van der Waals surface area (Å²) in [4.78, 5) is 12.0. The zero-order valence-corrected chi connectivity index (χ0v) is 11.5. The van der Waals surface area contributed by atoms with E-state index in [0.29, 0.717) is 12.2 Å². The van der Waals surface area contributed by atoms with Crippen molar-refractivity contribution in [1.29, 1.82) is 0 Å². The van der Waals surface area contributed by atoms with Crippen molar-refractivity contribution < 1.29 is 13.9 Å². The lowest BCUT2D eigenvalue weighted by Crippen LogP contribution is -2.05. The molecule has 0 aliphatic rings. The first-order valence-electron chi connectivity index (χ1n) is 6.13. The second kappa shape index (κ2) is 6.14. The highest BCUT2D eigenvalue weighted by molar-refractivity contribution is 5.33. The molecular formula is C13H15FN4O2. The summed E-state index contributed by atoms with van der Waals surface area (Å²) in [7, 11) is 1.65. The molecule has 0 aliphatic heterocycles. The van der Waals surface area contributed by atoms with E-state index >= 15 is 0 Å². The van der Waals surface area contributed by atoms with Crippen LogP contribution in [0.3, 0.4) is 0 Å². The zero-order valence-electron chi connectivity index (χ0n) is 11.5. The summed E-state index contributed by atoms with van der Waals surface area (Å²) in [6, 6.07) is 4.94. The number of nitrogens with one attached hydrogen (secondary N) is 1. The van der Waals surface area contributed by atoms with E-state index in [2.05, 4.69) is 20.3 Å². The highest BCUT2D eigenvalue weighted by Gasteiger charge is 2.12. The molecule has 0 spiro atoms. The Bertz CT molecular complexity index is 607.